The minimum atomic E-state index is -0.293. The Morgan fingerprint density at radius 1 is 1.35 bits per heavy atom. The Morgan fingerprint density at radius 2 is 2.16 bits per heavy atom. The molecule has 1 atom stereocenters. The summed E-state index contributed by atoms with van der Waals surface area (Å²) in [5.41, 5.74) is 8.47. The van der Waals surface area contributed by atoms with Gasteiger partial charge in [0.1, 0.15) is 18.5 Å². The molecule has 9 nitrogen and oxygen atoms in total. The fourth-order valence-corrected chi connectivity index (χ4v) is 4.07. The van der Waals surface area contributed by atoms with Crippen LogP contribution in [0.3, 0.4) is 0 Å². The van der Waals surface area contributed by atoms with Gasteiger partial charge in [-0.2, -0.15) is 5.10 Å². The monoisotopic (exact) mass is 439 g/mol. The first kappa shape index (κ1) is 20.7. The molecule has 31 heavy (non-hydrogen) atoms. The van der Waals surface area contributed by atoms with Crippen molar-refractivity contribution in [3.05, 3.63) is 64.7 Å². The number of carbonyl (C=O) groups excluding carboxylic acids is 1. The zero-order valence-corrected chi connectivity index (χ0v) is 17.6. The predicted molar refractivity (Wildman–Crippen MR) is 118 cm³/mol. The molecule has 1 aromatic heterocycles. The molecule has 0 bridgehead atoms. The SMILES string of the molecule is Cc1cc(-n2cncn2)ccc1C(=O)N[C@@H]1CCN(c2ccc(Cl)c(C(=N)N)c2O)C1. The standard InChI is InChI=1S/C21H22ClN7O2/c1-12-8-14(29-11-25-10-26-29)2-3-15(12)21(31)27-13-6-7-28(9-13)17-5-4-16(22)18(19(17)30)20(23)24/h2-5,8,10-11,13,30H,6-7,9H2,1H3,(H3,23,24)(H,27,31)/t13-/m1/s1. The Bertz CT molecular complexity index is 1150. The molecule has 0 saturated carbocycles. The zero-order chi connectivity index (χ0) is 22.1. The smallest absolute Gasteiger partial charge is 0.251 e. The number of anilines is 1. The molecule has 2 heterocycles. The summed E-state index contributed by atoms with van der Waals surface area (Å²) in [6.45, 7) is 3.04. The number of rotatable bonds is 5. The molecule has 0 radical (unpaired) electrons. The summed E-state index contributed by atoms with van der Waals surface area (Å²) in [5.74, 6) is -0.566. The number of phenolic OH excluding ortho intramolecular Hbond substituents is 1. The van der Waals surface area contributed by atoms with E-state index in [0.29, 0.717) is 24.3 Å². The van der Waals surface area contributed by atoms with Crippen molar-refractivity contribution in [3.63, 3.8) is 0 Å². The second-order valence-electron chi connectivity index (χ2n) is 7.45. The highest BCUT2D eigenvalue weighted by Gasteiger charge is 2.28. The van der Waals surface area contributed by atoms with Gasteiger partial charge in [-0.1, -0.05) is 11.6 Å². The Morgan fingerprint density at radius 3 is 2.84 bits per heavy atom. The number of aromatic nitrogens is 3. The maximum atomic E-state index is 12.8. The molecule has 0 unspecified atom stereocenters. The lowest BCUT2D eigenvalue weighted by Crippen LogP contribution is -2.37. The molecular weight excluding hydrogens is 418 g/mol. The summed E-state index contributed by atoms with van der Waals surface area (Å²) in [4.78, 5) is 18.7. The van der Waals surface area contributed by atoms with E-state index in [1.807, 2.05) is 24.0 Å². The number of nitrogens with two attached hydrogens (primary N) is 1. The number of hydrogen-bond donors (Lipinski definition) is 4. The van der Waals surface area contributed by atoms with Crippen LogP contribution >= 0.6 is 11.6 Å². The van der Waals surface area contributed by atoms with E-state index < -0.39 is 0 Å². The number of nitrogens with one attached hydrogen (secondary N) is 2. The minimum Gasteiger partial charge on any atom is -0.505 e. The average Bonchev–Trinajstić information content (AvgIpc) is 3.40. The second kappa shape index (κ2) is 8.27. The first-order valence-electron chi connectivity index (χ1n) is 9.72. The quantitative estimate of drug-likeness (QED) is 0.356. The number of benzene rings is 2. The maximum Gasteiger partial charge on any atom is 0.251 e. The van der Waals surface area contributed by atoms with E-state index in [0.717, 1.165) is 17.7 Å². The second-order valence-corrected chi connectivity index (χ2v) is 7.86. The minimum absolute atomic E-state index is 0.0854. The molecule has 2 aromatic carbocycles. The van der Waals surface area contributed by atoms with Gasteiger partial charge in [0.25, 0.3) is 5.91 Å². The number of carbonyl (C=O) groups is 1. The number of amides is 1. The normalized spacial score (nSPS) is 15.8. The first-order valence-corrected chi connectivity index (χ1v) is 10.1. The number of nitrogens with zero attached hydrogens (tertiary/aromatic N) is 4. The Balaban J connectivity index is 1.46. The van der Waals surface area contributed by atoms with Crippen LogP contribution in [-0.2, 0) is 0 Å². The van der Waals surface area contributed by atoms with Gasteiger partial charge in [0.05, 0.1) is 22.0 Å². The lowest BCUT2D eigenvalue weighted by atomic mass is 10.1. The molecular formula is C21H22ClN7O2. The summed E-state index contributed by atoms with van der Waals surface area (Å²) in [7, 11) is 0. The molecule has 160 valence electrons. The van der Waals surface area contributed by atoms with Crippen LogP contribution in [-0.4, -0.2) is 50.7 Å². The van der Waals surface area contributed by atoms with Gasteiger partial charge in [0.15, 0.2) is 5.75 Å². The number of halogens is 1. The van der Waals surface area contributed by atoms with E-state index in [1.54, 1.807) is 29.2 Å². The van der Waals surface area contributed by atoms with Crippen LogP contribution in [0.2, 0.25) is 5.02 Å². The van der Waals surface area contributed by atoms with Crippen molar-refractivity contribution in [2.45, 2.75) is 19.4 Å². The molecule has 3 aromatic rings. The Labute approximate surface area is 184 Å². The van der Waals surface area contributed by atoms with Crippen LogP contribution in [0.1, 0.15) is 27.9 Å². The van der Waals surface area contributed by atoms with Crippen molar-refractivity contribution in [1.82, 2.24) is 20.1 Å². The highest BCUT2D eigenvalue weighted by atomic mass is 35.5. The van der Waals surface area contributed by atoms with E-state index >= 15 is 0 Å². The molecule has 0 spiro atoms. The fourth-order valence-electron chi connectivity index (χ4n) is 3.81. The molecule has 1 saturated heterocycles. The van der Waals surface area contributed by atoms with Gasteiger partial charge in [0.2, 0.25) is 0 Å². The zero-order valence-electron chi connectivity index (χ0n) is 16.8. The van der Waals surface area contributed by atoms with Gasteiger partial charge >= 0.3 is 0 Å². The summed E-state index contributed by atoms with van der Waals surface area (Å²) in [6.07, 6.45) is 3.78. The highest BCUT2D eigenvalue weighted by Crippen LogP contribution is 2.36. The lowest BCUT2D eigenvalue weighted by molar-refractivity contribution is 0.0940. The number of aromatic hydroxyl groups is 1. The summed E-state index contributed by atoms with van der Waals surface area (Å²) >= 11 is 6.06. The van der Waals surface area contributed by atoms with Crippen molar-refractivity contribution in [3.8, 4) is 11.4 Å². The topological polar surface area (TPSA) is 133 Å². The summed E-state index contributed by atoms with van der Waals surface area (Å²) in [6, 6.07) is 8.71. The third-order valence-corrected chi connectivity index (χ3v) is 5.69. The van der Waals surface area contributed by atoms with Gasteiger partial charge in [0, 0.05) is 24.7 Å². The molecule has 0 aliphatic carbocycles. The number of nitrogen functional groups attached to an aromatic ring is 1. The average molecular weight is 440 g/mol. The number of amidine groups is 1. The van der Waals surface area contributed by atoms with Crippen LogP contribution < -0.4 is 16.0 Å². The van der Waals surface area contributed by atoms with Gasteiger partial charge in [-0.3, -0.25) is 10.2 Å². The molecule has 1 amide bonds. The van der Waals surface area contributed by atoms with E-state index in [-0.39, 0.29) is 34.1 Å². The number of aryl methyl sites for hydroxylation is 1. The Kier molecular flexibility index (Phi) is 5.51. The number of hydrogen-bond acceptors (Lipinski definition) is 6. The molecule has 10 heteroatoms. The summed E-state index contributed by atoms with van der Waals surface area (Å²) < 4.78 is 1.64. The van der Waals surface area contributed by atoms with E-state index in [4.69, 9.17) is 22.7 Å². The van der Waals surface area contributed by atoms with E-state index in [1.165, 1.54) is 6.33 Å². The maximum absolute atomic E-state index is 12.8. The van der Waals surface area contributed by atoms with E-state index in [2.05, 4.69) is 15.4 Å². The Hall–Kier alpha value is -3.59. The van der Waals surface area contributed by atoms with Crippen molar-refractivity contribution in [2.24, 2.45) is 5.73 Å². The van der Waals surface area contributed by atoms with Crippen molar-refractivity contribution in [1.29, 1.82) is 5.41 Å². The van der Waals surface area contributed by atoms with Crippen LogP contribution in [0.4, 0.5) is 5.69 Å². The first-order chi connectivity index (χ1) is 14.8. The molecule has 5 N–H and O–H groups in total. The molecule has 4 rings (SSSR count). The van der Waals surface area contributed by atoms with Crippen molar-refractivity contribution in [2.75, 3.05) is 18.0 Å². The third kappa shape index (κ3) is 4.04. The van der Waals surface area contributed by atoms with Crippen LogP contribution in [0.25, 0.3) is 5.69 Å². The van der Waals surface area contributed by atoms with Crippen molar-refractivity contribution < 1.29 is 9.90 Å². The predicted octanol–water partition coefficient (Wildman–Crippen LogP) is 2.23. The highest BCUT2D eigenvalue weighted by molar-refractivity contribution is 6.34. The van der Waals surface area contributed by atoms with Crippen molar-refractivity contribution >= 4 is 29.0 Å². The van der Waals surface area contributed by atoms with Crippen LogP contribution in [0, 0.1) is 12.3 Å². The lowest BCUT2D eigenvalue weighted by Gasteiger charge is -2.22. The largest absolute Gasteiger partial charge is 0.505 e. The van der Waals surface area contributed by atoms with Gasteiger partial charge in [-0.25, -0.2) is 9.67 Å². The van der Waals surface area contributed by atoms with Crippen LogP contribution in [0.15, 0.2) is 43.0 Å². The third-order valence-electron chi connectivity index (χ3n) is 5.38. The van der Waals surface area contributed by atoms with Crippen LogP contribution in [0.5, 0.6) is 5.75 Å². The van der Waals surface area contributed by atoms with Gasteiger partial charge in [-0.05, 0) is 49.2 Å². The summed E-state index contributed by atoms with van der Waals surface area (Å²) in [5, 5.41) is 25.6. The van der Waals surface area contributed by atoms with Gasteiger partial charge in [-0.15, -0.1) is 0 Å². The number of phenols is 1. The molecule has 1 fully saturated rings. The molecule has 1 aliphatic rings. The molecule has 1 aliphatic heterocycles. The fraction of sp³-hybridized carbons (Fsp3) is 0.238. The van der Waals surface area contributed by atoms with Gasteiger partial charge < -0.3 is 21.1 Å². The van der Waals surface area contributed by atoms with E-state index in [9.17, 15) is 9.90 Å².